The largest absolute Gasteiger partial charge is 0.387 e. The van der Waals surface area contributed by atoms with Crippen LogP contribution in [0.4, 0.5) is 13.9 Å². The lowest BCUT2D eigenvalue weighted by molar-refractivity contribution is 0.198. The molecule has 0 saturated heterocycles. The van der Waals surface area contributed by atoms with Crippen molar-refractivity contribution in [2.45, 2.75) is 17.4 Å². The van der Waals surface area contributed by atoms with E-state index in [0.29, 0.717) is 9.47 Å². The highest BCUT2D eigenvalue weighted by Gasteiger charge is 2.15. The summed E-state index contributed by atoms with van der Waals surface area (Å²) in [6.45, 7) is 2.71. The van der Waals surface area contributed by atoms with Crippen LogP contribution in [0.5, 0.6) is 0 Å². The van der Waals surface area contributed by atoms with Gasteiger partial charge in [0.25, 0.3) is 0 Å². The molecule has 8 heteroatoms. The van der Waals surface area contributed by atoms with Crippen LogP contribution in [0.15, 0.2) is 22.5 Å². The fourth-order valence-corrected chi connectivity index (χ4v) is 3.30. The van der Waals surface area contributed by atoms with Gasteiger partial charge in [0.05, 0.1) is 6.10 Å². The first-order chi connectivity index (χ1) is 9.60. The molecule has 0 bridgehead atoms. The number of thioether (sulfide) groups is 1. The fraction of sp³-hybridized carbons (Fsp3) is 0.333. The third-order valence-corrected chi connectivity index (χ3v) is 4.51. The molecule has 1 heterocycles. The average Bonchev–Trinajstić information content (AvgIpc) is 2.84. The summed E-state index contributed by atoms with van der Waals surface area (Å²) >= 11 is 2.64. The third kappa shape index (κ3) is 3.87. The van der Waals surface area contributed by atoms with Gasteiger partial charge >= 0.3 is 0 Å². The van der Waals surface area contributed by atoms with E-state index in [1.807, 2.05) is 6.92 Å². The van der Waals surface area contributed by atoms with Gasteiger partial charge in [-0.1, -0.05) is 29.2 Å². The first kappa shape index (κ1) is 15.1. The first-order valence-electron chi connectivity index (χ1n) is 5.93. The molecule has 4 nitrogen and oxygen atoms in total. The number of hydrogen-bond donors (Lipinski definition) is 2. The average molecular weight is 317 g/mol. The Morgan fingerprint density at radius 1 is 1.40 bits per heavy atom. The van der Waals surface area contributed by atoms with Crippen LogP contribution in [0.1, 0.15) is 18.6 Å². The summed E-state index contributed by atoms with van der Waals surface area (Å²) in [5.74, 6) is -1.18. The van der Waals surface area contributed by atoms with Crippen LogP contribution in [0.3, 0.4) is 0 Å². The SMILES string of the molecule is CCNc1nnc(SCC(O)c2ccc(F)cc2F)s1. The zero-order valence-electron chi connectivity index (χ0n) is 10.6. The minimum atomic E-state index is -1.02. The molecule has 1 aromatic carbocycles. The smallest absolute Gasteiger partial charge is 0.206 e. The van der Waals surface area contributed by atoms with Crippen molar-refractivity contribution in [3.8, 4) is 0 Å². The maximum Gasteiger partial charge on any atom is 0.206 e. The molecular formula is C12H13F2N3OS2. The Morgan fingerprint density at radius 3 is 2.90 bits per heavy atom. The summed E-state index contributed by atoms with van der Waals surface area (Å²) in [7, 11) is 0. The highest BCUT2D eigenvalue weighted by atomic mass is 32.2. The van der Waals surface area contributed by atoms with E-state index in [0.717, 1.165) is 18.7 Å². The van der Waals surface area contributed by atoms with Gasteiger partial charge in [-0.3, -0.25) is 0 Å². The number of benzene rings is 1. The zero-order chi connectivity index (χ0) is 14.5. The van der Waals surface area contributed by atoms with Crippen molar-refractivity contribution in [2.75, 3.05) is 17.6 Å². The molecule has 0 saturated carbocycles. The summed E-state index contributed by atoms with van der Waals surface area (Å²) < 4.78 is 27.0. The fourth-order valence-electron chi connectivity index (χ4n) is 1.50. The van der Waals surface area contributed by atoms with E-state index in [1.54, 1.807) is 0 Å². The molecular weight excluding hydrogens is 304 g/mol. The molecule has 2 N–H and O–H groups in total. The first-order valence-corrected chi connectivity index (χ1v) is 7.73. The molecule has 0 amide bonds. The second-order valence-corrected chi connectivity index (χ2v) is 6.14. The Labute approximate surface area is 123 Å². The van der Waals surface area contributed by atoms with E-state index in [-0.39, 0.29) is 11.3 Å². The van der Waals surface area contributed by atoms with Crippen molar-refractivity contribution >= 4 is 28.2 Å². The van der Waals surface area contributed by atoms with Gasteiger partial charge in [-0.2, -0.15) is 0 Å². The number of aromatic nitrogens is 2. The minimum absolute atomic E-state index is 0.0790. The van der Waals surface area contributed by atoms with Crippen molar-refractivity contribution in [1.29, 1.82) is 0 Å². The van der Waals surface area contributed by atoms with E-state index >= 15 is 0 Å². The van der Waals surface area contributed by atoms with Crippen molar-refractivity contribution in [1.82, 2.24) is 10.2 Å². The van der Waals surface area contributed by atoms with E-state index in [2.05, 4.69) is 15.5 Å². The van der Waals surface area contributed by atoms with Crippen molar-refractivity contribution < 1.29 is 13.9 Å². The predicted molar refractivity (Wildman–Crippen MR) is 76.1 cm³/mol. The van der Waals surface area contributed by atoms with Crippen LogP contribution in [0, 0.1) is 11.6 Å². The number of hydrogen-bond acceptors (Lipinski definition) is 6. The summed E-state index contributed by atoms with van der Waals surface area (Å²) in [5, 5.41) is 21.5. The highest BCUT2D eigenvalue weighted by molar-refractivity contribution is 8.01. The van der Waals surface area contributed by atoms with Crippen LogP contribution in [0.2, 0.25) is 0 Å². The van der Waals surface area contributed by atoms with Crippen LogP contribution >= 0.6 is 23.1 Å². The quantitative estimate of drug-likeness (QED) is 0.802. The van der Waals surface area contributed by atoms with Crippen LogP contribution in [-0.4, -0.2) is 27.6 Å². The maximum absolute atomic E-state index is 13.5. The van der Waals surface area contributed by atoms with E-state index in [1.165, 1.54) is 29.2 Å². The number of aliphatic hydroxyl groups excluding tert-OH is 1. The molecule has 2 rings (SSSR count). The number of aliphatic hydroxyl groups is 1. The zero-order valence-corrected chi connectivity index (χ0v) is 12.3. The second-order valence-electron chi connectivity index (χ2n) is 3.90. The lowest BCUT2D eigenvalue weighted by Gasteiger charge is -2.10. The van der Waals surface area contributed by atoms with Crippen molar-refractivity contribution in [2.24, 2.45) is 0 Å². The topological polar surface area (TPSA) is 58.0 Å². The number of rotatable bonds is 6. The lowest BCUT2D eigenvalue weighted by atomic mass is 10.1. The molecule has 1 unspecified atom stereocenters. The molecule has 1 atom stereocenters. The molecule has 2 aromatic rings. The molecule has 1 aromatic heterocycles. The van der Waals surface area contributed by atoms with Gasteiger partial charge in [-0.15, -0.1) is 10.2 Å². The monoisotopic (exact) mass is 317 g/mol. The van der Waals surface area contributed by atoms with Gasteiger partial charge in [0, 0.05) is 23.9 Å². The van der Waals surface area contributed by atoms with Crippen LogP contribution in [0.25, 0.3) is 0 Å². The van der Waals surface area contributed by atoms with Crippen molar-refractivity contribution in [3.05, 3.63) is 35.4 Å². The number of nitrogens with one attached hydrogen (secondary N) is 1. The van der Waals surface area contributed by atoms with Crippen LogP contribution in [-0.2, 0) is 0 Å². The van der Waals surface area contributed by atoms with E-state index in [4.69, 9.17) is 0 Å². The third-order valence-electron chi connectivity index (χ3n) is 2.42. The molecule has 20 heavy (non-hydrogen) atoms. The molecule has 0 aliphatic heterocycles. The number of nitrogens with zero attached hydrogens (tertiary/aromatic N) is 2. The van der Waals surface area contributed by atoms with Crippen molar-refractivity contribution in [3.63, 3.8) is 0 Å². The molecule has 0 aliphatic rings. The van der Waals surface area contributed by atoms with Gasteiger partial charge in [0.15, 0.2) is 4.34 Å². The van der Waals surface area contributed by atoms with E-state index in [9.17, 15) is 13.9 Å². The predicted octanol–water partition coefficient (Wildman–Crippen LogP) is 3.07. The minimum Gasteiger partial charge on any atom is -0.387 e. The Hall–Kier alpha value is -1.25. The lowest BCUT2D eigenvalue weighted by Crippen LogP contribution is -2.03. The van der Waals surface area contributed by atoms with Gasteiger partial charge in [-0.05, 0) is 13.0 Å². The van der Waals surface area contributed by atoms with E-state index < -0.39 is 17.7 Å². The molecule has 0 fully saturated rings. The highest BCUT2D eigenvalue weighted by Crippen LogP contribution is 2.29. The number of halogens is 2. The summed E-state index contributed by atoms with van der Waals surface area (Å²) in [5.41, 5.74) is 0.0790. The molecule has 0 radical (unpaired) electrons. The summed E-state index contributed by atoms with van der Waals surface area (Å²) in [4.78, 5) is 0. The molecule has 0 spiro atoms. The Kier molecular flexibility index (Phi) is 5.27. The second kappa shape index (κ2) is 6.96. The Morgan fingerprint density at radius 2 is 2.20 bits per heavy atom. The number of anilines is 1. The molecule has 108 valence electrons. The van der Waals surface area contributed by atoms with Crippen LogP contribution < -0.4 is 5.32 Å². The molecule has 0 aliphatic carbocycles. The summed E-state index contributed by atoms with van der Waals surface area (Å²) in [6, 6.07) is 3.14. The van der Waals surface area contributed by atoms with Gasteiger partial charge in [0.2, 0.25) is 5.13 Å². The Balaban J connectivity index is 1.95. The van der Waals surface area contributed by atoms with Gasteiger partial charge < -0.3 is 10.4 Å². The normalized spacial score (nSPS) is 12.4. The summed E-state index contributed by atoms with van der Waals surface area (Å²) in [6.07, 6.45) is -1.02. The van der Waals surface area contributed by atoms with Gasteiger partial charge in [-0.25, -0.2) is 8.78 Å². The Bertz CT molecular complexity index is 580. The standard InChI is InChI=1S/C12H13F2N3OS2/c1-2-15-11-16-17-12(20-11)19-6-10(18)8-4-3-7(13)5-9(8)14/h3-5,10,18H,2,6H2,1H3,(H,15,16). The maximum atomic E-state index is 13.5. The van der Waals surface area contributed by atoms with Gasteiger partial charge in [0.1, 0.15) is 11.6 Å².